The molecule has 8 heteroatoms. The lowest BCUT2D eigenvalue weighted by molar-refractivity contribution is 0.447. The summed E-state index contributed by atoms with van der Waals surface area (Å²) in [5.74, 6) is 0.418. The van der Waals surface area contributed by atoms with Gasteiger partial charge in [-0.3, -0.25) is 9.67 Å². The average molecular weight is 384 g/mol. The number of aryl methyl sites for hydroxylation is 1. The molecular formula is C19H20N4O3S. The molecule has 4 aromatic rings. The second-order valence-corrected chi connectivity index (χ2v) is 5.93. The van der Waals surface area contributed by atoms with Crippen molar-refractivity contribution < 1.29 is 14.6 Å². The Hall–Kier alpha value is -3.13. The molecule has 0 aliphatic heterocycles. The molecule has 0 radical (unpaired) electrons. The van der Waals surface area contributed by atoms with Crippen LogP contribution in [-0.2, 0) is 6.42 Å². The molecule has 0 saturated heterocycles. The van der Waals surface area contributed by atoms with Gasteiger partial charge in [-0.05, 0) is 48.5 Å². The van der Waals surface area contributed by atoms with Gasteiger partial charge in [0.1, 0.15) is 17.0 Å². The number of H-pyrrole nitrogens is 1. The zero-order valence-electron chi connectivity index (χ0n) is 15.2. The molecule has 7 nitrogen and oxygen atoms in total. The van der Waals surface area contributed by atoms with E-state index in [1.807, 2.05) is 32.9 Å². The maximum absolute atomic E-state index is 10.3. The van der Waals surface area contributed by atoms with E-state index >= 15 is 0 Å². The molecule has 0 unspecified atom stereocenters. The quantitative estimate of drug-likeness (QED) is 0.441. The summed E-state index contributed by atoms with van der Waals surface area (Å²) in [5.41, 5.74) is 3.28. The molecule has 140 valence electrons. The SMILES string of the molecule is CC.CCc1cc(-c2n[nH]c(=S)n2-c2ccc3ocnc3c2)c(O)cc1O. The Labute approximate surface area is 160 Å². The van der Waals surface area contributed by atoms with Crippen molar-refractivity contribution in [1.29, 1.82) is 0 Å². The van der Waals surface area contributed by atoms with Gasteiger partial charge in [0, 0.05) is 6.07 Å². The molecule has 0 spiro atoms. The molecule has 2 heterocycles. The van der Waals surface area contributed by atoms with Crippen LogP contribution >= 0.6 is 12.2 Å². The van der Waals surface area contributed by atoms with Gasteiger partial charge in [0.25, 0.3) is 0 Å². The Morgan fingerprint density at radius 3 is 2.67 bits per heavy atom. The van der Waals surface area contributed by atoms with Gasteiger partial charge < -0.3 is 14.6 Å². The topological polar surface area (TPSA) is 100 Å². The Morgan fingerprint density at radius 1 is 1.15 bits per heavy atom. The Kier molecular flexibility index (Phi) is 5.27. The number of fused-ring (bicyclic) bond motifs is 1. The van der Waals surface area contributed by atoms with Crippen LogP contribution in [0.5, 0.6) is 11.5 Å². The predicted molar refractivity (Wildman–Crippen MR) is 106 cm³/mol. The maximum Gasteiger partial charge on any atom is 0.200 e. The van der Waals surface area contributed by atoms with Gasteiger partial charge in [-0.15, -0.1) is 0 Å². The van der Waals surface area contributed by atoms with E-state index in [1.165, 1.54) is 12.5 Å². The number of phenols is 2. The van der Waals surface area contributed by atoms with Gasteiger partial charge in [0.15, 0.2) is 22.6 Å². The third kappa shape index (κ3) is 3.31. The highest BCUT2D eigenvalue weighted by Gasteiger charge is 2.17. The lowest BCUT2D eigenvalue weighted by Crippen LogP contribution is -1.99. The summed E-state index contributed by atoms with van der Waals surface area (Å²) in [6, 6.07) is 8.48. The van der Waals surface area contributed by atoms with Gasteiger partial charge in [0.2, 0.25) is 0 Å². The summed E-state index contributed by atoms with van der Waals surface area (Å²) in [5, 5.41) is 27.2. The van der Waals surface area contributed by atoms with Crippen LogP contribution in [0.3, 0.4) is 0 Å². The fraction of sp³-hybridized carbons (Fsp3) is 0.211. The van der Waals surface area contributed by atoms with Gasteiger partial charge >= 0.3 is 0 Å². The summed E-state index contributed by atoms with van der Waals surface area (Å²) in [6.45, 7) is 5.92. The molecule has 4 rings (SSSR count). The van der Waals surface area contributed by atoms with E-state index in [1.54, 1.807) is 16.7 Å². The molecule has 27 heavy (non-hydrogen) atoms. The first-order valence-electron chi connectivity index (χ1n) is 8.64. The van der Waals surface area contributed by atoms with E-state index in [9.17, 15) is 10.2 Å². The van der Waals surface area contributed by atoms with Crippen LogP contribution < -0.4 is 0 Å². The number of benzene rings is 2. The Morgan fingerprint density at radius 2 is 1.93 bits per heavy atom. The predicted octanol–water partition coefficient (Wildman–Crippen LogP) is 4.74. The Balaban J connectivity index is 0.00000102. The number of nitrogens with one attached hydrogen (secondary N) is 1. The number of hydrogen-bond donors (Lipinski definition) is 3. The van der Waals surface area contributed by atoms with Crippen LogP contribution in [0.2, 0.25) is 0 Å². The number of aromatic amines is 1. The van der Waals surface area contributed by atoms with E-state index in [-0.39, 0.29) is 11.5 Å². The van der Waals surface area contributed by atoms with Gasteiger partial charge in [-0.1, -0.05) is 20.8 Å². The molecule has 2 aromatic heterocycles. The van der Waals surface area contributed by atoms with Crippen molar-refractivity contribution in [2.75, 3.05) is 0 Å². The molecule has 3 N–H and O–H groups in total. The maximum atomic E-state index is 10.3. The highest BCUT2D eigenvalue weighted by molar-refractivity contribution is 7.71. The fourth-order valence-corrected chi connectivity index (χ4v) is 3.02. The van der Waals surface area contributed by atoms with Crippen LogP contribution in [0.1, 0.15) is 26.3 Å². The minimum atomic E-state index is -0.0764. The van der Waals surface area contributed by atoms with E-state index in [0.29, 0.717) is 39.2 Å². The van der Waals surface area contributed by atoms with Crippen LogP contribution in [0.25, 0.3) is 28.2 Å². The number of phenolic OH excluding ortho intramolecular Hbond substituents is 2. The van der Waals surface area contributed by atoms with Gasteiger partial charge in [-0.25, -0.2) is 4.98 Å². The number of hydrogen-bond acceptors (Lipinski definition) is 6. The average Bonchev–Trinajstić information content (AvgIpc) is 3.29. The van der Waals surface area contributed by atoms with Crippen molar-refractivity contribution in [3.8, 4) is 28.6 Å². The normalized spacial score (nSPS) is 10.6. The standard InChI is InChI=1S/C17H14N4O3S.C2H6/c1-2-9-5-11(14(23)7-13(9)22)16-19-20-17(25)21(16)10-3-4-15-12(6-10)18-8-24-15;1-2/h3-8,22-23H,2H2,1H3,(H,20,25);1-2H3. The first-order valence-corrected chi connectivity index (χ1v) is 9.05. The van der Waals surface area contributed by atoms with Gasteiger partial charge in [0.05, 0.1) is 11.3 Å². The van der Waals surface area contributed by atoms with Crippen molar-refractivity contribution in [1.82, 2.24) is 19.7 Å². The molecule has 0 aliphatic rings. The number of aromatic hydroxyl groups is 2. The molecule has 0 atom stereocenters. The van der Waals surface area contributed by atoms with E-state index in [2.05, 4.69) is 15.2 Å². The summed E-state index contributed by atoms with van der Waals surface area (Å²) in [7, 11) is 0. The molecule has 0 saturated carbocycles. The van der Waals surface area contributed by atoms with Crippen molar-refractivity contribution in [2.45, 2.75) is 27.2 Å². The largest absolute Gasteiger partial charge is 0.508 e. The zero-order valence-corrected chi connectivity index (χ0v) is 16.0. The van der Waals surface area contributed by atoms with Crippen molar-refractivity contribution in [2.24, 2.45) is 0 Å². The number of aromatic nitrogens is 4. The Bertz CT molecular complexity index is 1140. The van der Waals surface area contributed by atoms with E-state index in [0.717, 1.165) is 5.69 Å². The second-order valence-electron chi connectivity index (χ2n) is 5.54. The minimum absolute atomic E-state index is 0.0495. The highest BCUT2D eigenvalue weighted by Crippen LogP contribution is 2.35. The monoisotopic (exact) mass is 384 g/mol. The smallest absolute Gasteiger partial charge is 0.200 e. The summed E-state index contributed by atoms with van der Waals surface area (Å²) in [4.78, 5) is 4.15. The van der Waals surface area contributed by atoms with E-state index in [4.69, 9.17) is 16.6 Å². The first-order chi connectivity index (χ1) is 13.1. The molecule has 0 amide bonds. The van der Waals surface area contributed by atoms with E-state index < -0.39 is 0 Å². The molecule has 2 aromatic carbocycles. The molecule has 0 aliphatic carbocycles. The molecule has 0 bridgehead atoms. The van der Waals surface area contributed by atoms with Gasteiger partial charge in [-0.2, -0.15) is 5.10 Å². The first kappa shape index (κ1) is 18.7. The molecule has 0 fully saturated rings. The van der Waals surface area contributed by atoms with Crippen molar-refractivity contribution in [3.63, 3.8) is 0 Å². The highest BCUT2D eigenvalue weighted by atomic mass is 32.1. The second kappa shape index (κ2) is 7.63. The van der Waals surface area contributed by atoms with Crippen molar-refractivity contribution >= 4 is 23.3 Å². The van der Waals surface area contributed by atoms with Crippen LogP contribution in [0.4, 0.5) is 0 Å². The number of nitrogens with zero attached hydrogens (tertiary/aromatic N) is 3. The lowest BCUT2D eigenvalue weighted by Gasteiger charge is -2.11. The summed E-state index contributed by atoms with van der Waals surface area (Å²) < 4.78 is 7.34. The third-order valence-electron chi connectivity index (χ3n) is 4.06. The van der Waals surface area contributed by atoms with Crippen molar-refractivity contribution in [3.05, 3.63) is 47.1 Å². The minimum Gasteiger partial charge on any atom is -0.508 e. The van der Waals surface area contributed by atoms with Crippen LogP contribution in [-0.4, -0.2) is 30.0 Å². The summed E-state index contributed by atoms with van der Waals surface area (Å²) in [6.07, 6.45) is 2.00. The van der Waals surface area contributed by atoms with Crippen LogP contribution in [0.15, 0.2) is 41.1 Å². The number of oxazole rings is 1. The van der Waals surface area contributed by atoms with Crippen LogP contribution in [0, 0.1) is 4.77 Å². The third-order valence-corrected chi connectivity index (χ3v) is 4.34. The summed E-state index contributed by atoms with van der Waals surface area (Å²) >= 11 is 5.36. The number of rotatable bonds is 3. The molecular weight excluding hydrogens is 364 g/mol. The zero-order chi connectivity index (χ0) is 19.6. The lowest BCUT2D eigenvalue weighted by atomic mass is 10.1. The fourth-order valence-electron chi connectivity index (χ4n) is 2.79.